The maximum absolute atomic E-state index is 12.0. The summed E-state index contributed by atoms with van der Waals surface area (Å²) >= 11 is 0. The molecule has 16 heavy (non-hydrogen) atoms. The van der Waals surface area contributed by atoms with Gasteiger partial charge in [0.2, 0.25) is 0 Å². The minimum absolute atomic E-state index is 0.0193. The van der Waals surface area contributed by atoms with Crippen molar-refractivity contribution in [3.8, 4) is 0 Å². The zero-order chi connectivity index (χ0) is 12.3. The predicted molar refractivity (Wildman–Crippen MR) is 65.3 cm³/mol. The van der Waals surface area contributed by atoms with Crippen LogP contribution in [0.5, 0.6) is 0 Å². The first-order valence-electron chi connectivity index (χ1n) is 6.33. The molecule has 0 bridgehead atoms. The quantitative estimate of drug-likeness (QED) is 0.694. The number of rotatable bonds is 3. The Morgan fingerprint density at radius 1 is 1.50 bits per heavy atom. The van der Waals surface area contributed by atoms with Crippen molar-refractivity contribution in [2.75, 3.05) is 6.54 Å². The lowest BCUT2D eigenvalue weighted by Crippen LogP contribution is -2.44. The van der Waals surface area contributed by atoms with E-state index in [4.69, 9.17) is 4.74 Å². The summed E-state index contributed by atoms with van der Waals surface area (Å²) in [5, 5.41) is 0. The van der Waals surface area contributed by atoms with Crippen molar-refractivity contribution in [1.29, 1.82) is 0 Å². The van der Waals surface area contributed by atoms with Crippen LogP contribution in [0.1, 0.15) is 53.9 Å². The van der Waals surface area contributed by atoms with Crippen LogP contribution in [0.4, 0.5) is 0 Å². The lowest BCUT2D eigenvalue weighted by molar-refractivity contribution is -0.161. The summed E-state index contributed by atoms with van der Waals surface area (Å²) in [6, 6.07) is 0.453. The summed E-state index contributed by atoms with van der Waals surface area (Å²) in [4.78, 5) is 14.3. The molecule has 1 heterocycles. The van der Waals surface area contributed by atoms with Crippen molar-refractivity contribution in [2.24, 2.45) is 0 Å². The zero-order valence-electron chi connectivity index (χ0n) is 11.2. The fraction of sp³-hybridized carbons (Fsp3) is 0.923. The van der Waals surface area contributed by atoms with Crippen LogP contribution in [0, 0.1) is 0 Å². The molecule has 1 aliphatic rings. The van der Waals surface area contributed by atoms with E-state index in [1.165, 1.54) is 0 Å². The molecule has 1 rings (SSSR count). The molecule has 0 saturated carbocycles. The van der Waals surface area contributed by atoms with Gasteiger partial charge in [0.1, 0.15) is 11.6 Å². The summed E-state index contributed by atoms with van der Waals surface area (Å²) < 4.78 is 5.47. The summed E-state index contributed by atoms with van der Waals surface area (Å²) in [5.41, 5.74) is -0.374. The maximum atomic E-state index is 12.0. The number of carbonyl (C=O) groups excluding carboxylic acids is 1. The standard InChI is InChI=1S/C13H25NO2/c1-6-10(2)14-9-7-8-11(14)12(15)16-13(3,4)5/h10-11H,6-9H2,1-5H3/t10?,11-/m1/s1. The van der Waals surface area contributed by atoms with E-state index in [0.29, 0.717) is 6.04 Å². The third kappa shape index (κ3) is 3.48. The van der Waals surface area contributed by atoms with E-state index in [2.05, 4.69) is 18.7 Å². The van der Waals surface area contributed by atoms with Crippen LogP contribution in [0.25, 0.3) is 0 Å². The van der Waals surface area contributed by atoms with Crippen LogP contribution in [-0.2, 0) is 9.53 Å². The molecule has 1 unspecified atom stereocenters. The monoisotopic (exact) mass is 227 g/mol. The molecule has 3 heteroatoms. The number of hydrogen-bond donors (Lipinski definition) is 0. The number of nitrogens with zero attached hydrogens (tertiary/aromatic N) is 1. The first kappa shape index (κ1) is 13.5. The Morgan fingerprint density at radius 2 is 2.12 bits per heavy atom. The molecule has 0 aromatic rings. The normalized spacial score (nSPS) is 24.4. The van der Waals surface area contributed by atoms with Crippen molar-refractivity contribution in [3.63, 3.8) is 0 Å². The largest absolute Gasteiger partial charge is 0.459 e. The smallest absolute Gasteiger partial charge is 0.323 e. The molecule has 1 aliphatic heterocycles. The number of carbonyl (C=O) groups is 1. The van der Waals surface area contributed by atoms with Crippen molar-refractivity contribution in [1.82, 2.24) is 4.90 Å². The van der Waals surface area contributed by atoms with Gasteiger partial charge < -0.3 is 4.74 Å². The zero-order valence-corrected chi connectivity index (χ0v) is 11.2. The van der Waals surface area contributed by atoms with Gasteiger partial charge in [-0.1, -0.05) is 6.92 Å². The van der Waals surface area contributed by atoms with E-state index in [0.717, 1.165) is 25.8 Å². The average molecular weight is 227 g/mol. The Kier molecular flexibility index (Phi) is 4.36. The second-order valence-corrected chi connectivity index (χ2v) is 5.69. The van der Waals surface area contributed by atoms with Gasteiger partial charge in [0.15, 0.2) is 0 Å². The topological polar surface area (TPSA) is 29.5 Å². The summed E-state index contributed by atoms with van der Waals surface area (Å²) in [6.07, 6.45) is 3.13. The van der Waals surface area contributed by atoms with Crippen molar-refractivity contribution in [2.45, 2.75) is 71.6 Å². The molecule has 0 aromatic heterocycles. The second kappa shape index (κ2) is 5.17. The van der Waals surface area contributed by atoms with Gasteiger partial charge in [-0.05, 0) is 53.5 Å². The lowest BCUT2D eigenvalue weighted by Gasteiger charge is -2.30. The fourth-order valence-electron chi connectivity index (χ4n) is 2.17. The molecule has 0 amide bonds. The summed E-state index contributed by atoms with van der Waals surface area (Å²) in [6.45, 7) is 11.1. The first-order chi connectivity index (χ1) is 7.35. The predicted octanol–water partition coefficient (Wildman–Crippen LogP) is 2.59. The van der Waals surface area contributed by atoms with E-state index in [9.17, 15) is 4.79 Å². The molecule has 0 radical (unpaired) electrons. The molecular formula is C13H25NO2. The Hall–Kier alpha value is -0.570. The molecule has 0 N–H and O–H groups in total. The molecular weight excluding hydrogens is 202 g/mol. The summed E-state index contributed by atoms with van der Waals surface area (Å²) in [5.74, 6) is -0.0506. The third-order valence-corrected chi connectivity index (χ3v) is 3.13. The number of ether oxygens (including phenoxy) is 1. The lowest BCUT2D eigenvalue weighted by atomic mass is 10.1. The van der Waals surface area contributed by atoms with Crippen LogP contribution in [0.2, 0.25) is 0 Å². The van der Waals surface area contributed by atoms with Gasteiger partial charge in [-0.2, -0.15) is 0 Å². The van der Waals surface area contributed by atoms with Gasteiger partial charge in [-0.25, -0.2) is 0 Å². The van der Waals surface area contributed by atoms with Crippen molar-refractivity contribution in [3.05, 3.63) is 0 Å². The second-order valence-electron chi connectivity index (χ2n) is 5.69. The Morgan fingerprint density at radius 3 is 2.62 bits per heavy atom. The highest BCUT2D eigenvalue weighted by Crippen LogP contribution is 2.24. The molecule has 0 spiro atoms. The maximum Gasteiger partial charge on any atom is 0.323 e. The molecule has 1 saturated heterocycles. The molecule has 94 valence electrons. The van der Waals surface area contributed by atoms with Crippen molar-refractivity contribution >= 4 is 5.97 Å². The Bertz CT molecular complexity index is 245. The third-order valence-electron chi connectivity index (χ3n) is 3.13. The number of esters is 1. The van der Waals surface area contributed by atoms with Gasteiger partial charge in [0.05, 0.1) is 0 Å². The minimum Gasteiger partial charge on any atom is -0.459 e. The van der Waals surface area contributed by atoms with E-state index >= 15 is 0 Å². The molecule has 0 aromatic carbocycles. The van der Waals surface area contributed by atoms with Crippen LogP contribution in [0.3, 0.4) is 0 Å². The van der Waals surface area contributed by atoms with Crippen LogP contribution in [-0.4, -0.2) is 35.1 Å². The highest BCUT2D eigenvalue weighted by molar-refractivity contribution is 5.76. The molecule has 0 aliphatic carbocycles. The van der Waals surface area contributed by atoms with Gasteiger partial charge in [0, 0.05) is 6.04 Å². The highest BCUT2D eigenvalue weighted by Gasteiger charge is 2.35. The van der Waals surface area contributed by atoms with E-state index in [1.54, 1.807) is 0 Å². The fourth-order valence-corrected chi connectivity index (χ4v) is 2.17. The van der Waals surface area contributed by atoms with Crippen LogP contribution >= 0.6 is 0 Å². The van der Waals surface area contributed by atoms with Gasteiger partial charge in [-0.3, -0.25) is 9.69 Å². The van der Waals surface area contributed by atoms with Crippen LogP contribution in [0.15, 0.2) is 0 Å². The number of likely N-dealkylation sites (tertiary alicyclic amines) is 1. The van der Waals surface area contributed by atoms with Gasteiger partial charge >= 0.3 is 5.97 Å². The minimum atomic E-state index is -0.374. The van der Waals surface area contributed by atoms with E-state index in [-0.39, 0.29) is 17.6 Å². The molecule has 1 fully saturated rings. The molecule has 3 nitrogen and oxygen atoms in total. The van der Waals surface area contributed by atoms with Gasteiger partial charge in [-0.15, -0.1) is 0 Å². The average Bonchev–Trinajstić information content (AvgIpc) is 2.62. The van der Waals surface area contributed by atoms with Gasteiger partial charge in [0.25, 0.3) is 0 Å². The number of hydrogen-bond acceptors (Lipinski definition) is 3. The Balaban J connectivity index is 2.61. The summed E-state index contributed by atoms with van der Waals surface area (Å²) in [7, 11) is 0. The van der Waals surface area contributed by atoms with E-state index < -0.39 is 0 Å². The highest BCUT2D eigenvalue weighted by atomic mass is 16.6. The first-order valence-corrected chi connectivity index (χ1v) is 6.33. The van der Waals surface area contributed by atoms with Crippen LogP contribution < -0.4 is 0 Å². The van der Waals surface area contributed by atoms with E-state index in [1.807, 2.05) is 20.8 Å². The van der Waals surface area contributed by atoms with Crippen molar-refractivity contribution < 1.29 is 9.53 Å². The molecule has 2 atom stereocenters. The SMILES string of the molecule is CCC(C)N1CCC[C@@H]1C(=O)OC(C)(C)C. The Labute approximate surface area is 99.1 Å².